The van der Waals surface area contributed by atoms with Gasteiger partial charge in [-0.1, -0.05) is 30.7 Å². The molecular formula is C18H25Cl2N5O. The summed E-state index contributed by atoms with van der Waals surface area (Å²) in [5.41, 5.74) is 0.753. The van der Waals surface area contributed by atoms with Crippen molar-refractivity contribution in [2.45, 2.75) is 38.6 Å². The molecule has 0 bridgehead atoms. The van der Waals surface area contributed by atoms with Crippen LogP contribution in [-0.2, 0) is 6.42 Å². The van der Waals surface area contributed by atoms with Crippen LogP contribution < -0.4 is 5.32 Å². The van der Waals surface area contributed by atoms with Gasteiger partial charge in [-0.05, 0) is 44.5 Å². The molecule has 0 unspecified atom stereocenters. The topological polar surface area (TPSA) is 63.1 Å². The Morgan fingerprint density at radius 1 is 1.35 bits per heavy atom. The summed E-state index contributed by atoms with van der Waals surface area (Å²) >= 11 is 6.31. The number of para-hydroxylation sites is 1. The number of nitrogens with zero attached hydrogens (tertiary/aromatic N) is 4. The SMILES string of the molecule is CCCc1nc(C(=O)N(C)C2CCNCC2)nn1-c1ccccc1Cl.Cl. The number of amides is 1. The molecule has 26 heavy (non-hydrogen) atoms. The van der Waals surface area contributed by atoms with Gasteiger partial charge in [0.15, 0.2) is 0 Å². The van der Waals surface area contributed by atoms with Gasteiger partial charge in [0, 0.05) is 19.5 Å². The third kappa shape index (κ3) is 4.37. The highest BCUT2D eigenvalue weighted by atomic mass is 35.5. The Kier molecular flexibility index (Phi) is 7.43. The zero-order valence-electron chi connectivity index (χ0n) is 15.1. The monoisotopic (exact) mass is 397 g/mol. The Morgan fingerprint density at radius 3 is 2.69 bits per heavy atom. The number of aryl methyl sites for hydroxylation is 1. The van der Waals surface area contributed by atoms with Gasteiger partial charge in [0.05, 0.1) is 10.7 Å². The van der Waals surface area contributed by atoms with E-state index in [4.69, 9.17) is 11.6 Å². The van der Waals surface area contributed by atoms with Crippen molar-refractivity contribution in [1.82, 2.24) is 25.0 Å². The third-order valence-corrected chi connectivity index (χ3v) is 4.92. The molecule has 1 aromatic carbocycles. The minimum absolute atomic E-state index is 0. The first-order valence-electron chi connectivity index (χ1n) is 8.80. The maximum absolute atomic E-state index is 12.9. The fourth-order valence-corrected chi connectivity index (χ4v) is 3.37. The lowest BCUT2D eigenvalue weighted by atomic mass is 10.1. The van der Waals surface area contributed by atoms with E-state index >= 15 is 0 Å². The summed E-state index contributed by atoms with van der Waals surface area (Å²) in [5, 5.41) is 8.40. The second kappa shape index (κ2) is 9.35. The van der Waals surface area contributed by atoms with Crippen LogP contribution in [0.15, 0.2) is 24.3 Å². The standard InChI is InChI=1S/C18H24ClN5O.ClH/c1-3-6-16-21-17(18(25)23(2)13-9-11-20-12-10-13)22-24(16)15-8-5-4-7-14(15)19;/h4-5,7-8,13,20H,3,6,9-12H2,1-2H3;1H. The Morgan fingerprint density at radius 2 is 2.04 bits per heavy atom. The molecule has 2 heterocycles. The third-order valence-electron chi connectivity index (χ3n) is 4.60. The summed E-state index contributed by atoms with van der Waals surface area (Å²) in [6.45, 7) is 3.95. The number of carbonyl (C=O) groups is 1. The predicted octanol–water partition coefficient (Wildman–Crippen LogP) is 3.12. The quantitative estimate of drug-likeness (QED) is 0.841. The molecule has 0 aliphatic carbocycles. The largest absolute Gasteiger partial charge is 0.336 e. The van der Waals surface area contributed by atoms with Gasteiger partial charge in [-0.25, -0.2) is 9.67 Å². The van der Waals surface area contributed by atoms with Gasteiger partial charge in [0.1, 0.15) is 5.82 Å². The number of benzene rings is 1. The van der Waals surface area contributed by atoms with E-state index in [-0.39, 0.29) is 30.2 Å². The van der Waals surface area contributed by atoms with E-state index < -0.39 is 0 Å². The van der Waals surface area contributed by atoms with Crippen molar-refractivity contribution >= 4 is 29.9 Å². The zero-order valence-corrected chi connectivity index (χ0v) is 16.7. The number of halogens is 2. The Hall–Kier alpha value is -1.63. The van der Waals surface area contributed by atoms with Crippen molar-refractivity contribution in [3.05, 3.63) is 40.9 Å². The highest BCUT2D eigenvalue weighted by molar-refractivity contribution is 6.32. The minimum Gasteiger partial charge on any atom is -0.336 e. The summed E-state index contributed by atoms with van der Waals surface area (Å²) in [6, 6.07) is 7.72. The average Bonchev–Trinajstić information content (AvgIpc) is 3.05. The van der Waals surface area contributed by atoms with Gasteiger partial charge in [0.25, 0.3) is 5.91 Å². The van der Waals surface area contributed by atoms with Crippen LogP contribution in [-0.4, -0.2) is 51.8 Å². The van der Waals surface area contributed by atoms with Gasteiger partial charge in [-0.15, -0.1) is 17.5 Å². The van der Waals surface area contributed by atoms with E-state index in [2.05, 4.69) is 22.3 Å². The molecule has 8 heteroatoms. The maximum Gasteiger partial charge on any atom is 0.293 e. The number of nitrogens with one attached hydrogen (secondary N) is 1. The van der Waals surface area contributed by atoms with Crippen LogP contribution >= 0.6 is 24.0 Å². The summed E-state index contributed by atoms with van der Waals surface area (Å²) in [5.74, 6) is 0.872. The molecular weight excluding hydrogens is 373 g/mol. The first-order chi connectivity index (χ1) is 12.1. The smallest absolute Gasteiger partial charge is 0.293 e. The van der Waals surface area contributed by atoms with Crippen LogP contribution in [0.4, 0.5) is 0 Å². The van der Waals surface area contributed by atoms with E-state index in [1.165, 1.54) is 0 Å². The number of rotatable bonds is 5. The predicted molar refractivity (Wildman–Crippen MR) is 106 cm³/mol. The molecule has 1 aliphatic rings. The highest BCUT2D eigenvalue weighted by Crippen LogP contribution is 2.21. The van der Waals surface area contributed by atoms with Crippen LogP contribution in [0.2, 0.25) is 5.02 Å². The van der Waals surface area contributed by atoms with E-state index in [0.29, 0.717) is 5.02 Å². The number of hydrogen-bond donors (Lipinski definition) is 1. The summed E-state index contributed by atoms with van der Waals surface area (Å²) < 4.78 is 1.70. The fourth-order valence-electron chi connectivity index (χ4n) is 3.15. The van der Waals surface area contributed by atoms with Gasteiger partial charge >= 0.3 is 0 Å². The summed E-state index contributed by atoms with van der Waals surface area (Å²) in [7, 11) is 1.84. The normalized spacial score (nSPS) is 14.7. The Labute approximate surface area is 165 Å². The number of aromatic nitrogens is 3. The fraction of sp³-hybridized carbons (Fsp3) is 0.500. The summed E-state index contributed by atoms with van der Waals surface area (Å²) in [6.07, 6.45) is 3.56. The first-order valence-corrected chi connectivity index (χ1v) is 9.18. The number of hydrogen-bond acceptors (Lipinski definition) is 4. The molecule has 1 amide bonds. The number of carbonyl (C=O) groups excluding carboxylic acids is 1. The van der Waals surface area contributed by atoms with Crippen LogP contribution in [0.1, 0.15) is 42.6 Å². The summed E-state index contributed by atoms with van der Waals surface area (Å²) in [4.78, 5) is 19.2. The Balaban J connectivity index is 0.00000243. The molecule has 6 nitrogen and oxygen atoms in total. The maximum atomic E-state index is 12.9. The van der Waals surface area contributed by atoms with Crippen LogP contribution in [0.25, 0.3) is 5.69 Å². The van der Waals surface area contributed by atoms with Crippen molar-refractivity contribution in [1.29, 1.82) is 0 Å². The molecule has 0 radical (unpaired) electrons. The van der Waals surface area contributed by atoms with Crippen LogP contribution in [0.3, 0.4) is 0 Å². The second-order valence-electron chi connectivity index (χ2n) is 6.36. The van der Waals surface area contributed by atoms with E-state index in [0.717, 1.165) is 50.3 Å². The van der Waals surface area contributed by atoms with Gasteiger partial charge < -0.3 is 10.2 Å². The van der Waals surface area contributed by atoms with Crippen molar-refractivity contribution in [2.75, 3.05) is 20.1 Å². The lowest BCUT2D eigenvalue weighted by Crippen LogP contribution is -2.44. The van der Waals surface area contributed by atoms with E-state index in [1.54, 1.807) is 9.58 Å². The van der Waals surface area contributed by atoms with Gasteiger partial charge in [-0.3, -0.25) is 4.79 Å². The molecule has 142 valence electrons. The average molecular weight is 398 g/mol. The molecule has 0 spiro atoms. The van der Waals surface area contributed by atoms with Crippen LogP contribution in [0.5, 0.6) is 0 Å². The molecule has 1 saturated heterocycles. The molecule has 3 rings (SSSR count). The first kappa shape index (κ1) is 20.7. The zero-order chi connectivity index (χ0) is 17.8. The highest BCUT2D eigenvalue weighted by Gasteiger charge is 2.26. The molecule has 1 aromatic heterocycles. The molecule has 1 aliphatic heterocycles. The molecule has 2 aromatic rings. The second-order valence-corrected chi connectivity index (χ2v) is 6.77. The van der Waals surface area contributed by atoms with Crippen molar-refractivity contribution in [3.8, 4) is 5.69 Å². The molecule has 0 atom stereocenters. The molecule has 1 fully saturated rings. The van der Waals surface area contributed by atoms with Crippen molar-refractivity contribution < 1.29 is 4.79 Å². The van der Waals surface area contributed by atoms with Crippen LogP contribution in [0, 0.1) is 0 Å². The van der Waals surface area contributed by atoms with Crippen molar-refractivity contribution in [2.24, 2.45) is 0 Å². The lowest BCUT2D eigenvalue weighted by Gasteiger charge is -2.30. The van der Waals surface area contributed by atoms with Gasteiger partial charge in [0.2, 0.25) is 5.82 Å². The Bertz CT molecular complexity index is 743. The van der Waals surface area contributed by atoms with Gasteiger partial charge in [-0.2, -0.15) is 0 Å². The molecule has 1 N–H and O–H groups in total. The van der Waals surface area contributed by atoms with E-state index in [9.17, 15) is 4.79 Å². The van der Waals surface area contributed by atoms with E-state index in [1.807, 2.05) is 31.3 Å². The van der Waals surface area contributed by atoms with Crippen molar-refractivity contribution in [3.63, 3.8) is 0 Å². The minimum atomic E-state index is -0.130. The molecule has 0 saturated carbocycles. The lowest BCUT2D eigenvalue weighted by molar-refractivity contribution is 0.0691. The number of piperidine rings is 1.